The number of amides is 1. The van der Waals surface area contributed by atoms with E-state index in [-0.39, 0.29) is 11.3 Å². The summed E-state index contributed by atoms with van der Waals surface area (Å²) in [7, 11) is 0. The second kappa shape index (κ2) is 6.77. The van der Waals surface area contributed by atoms with Gasteiger partial charge in [-0.2, -0.15) is 4.98 Å². The smallest absolute Gasteiger partial charge is 0.257 e. The molecule has 0 unspecified atom stereocenters. The van der Waals surface area contributed by atoms with Gasteiger partial charge in [0.1, 0.15) is 0 Å². The molecule has 0 radical (unpaired) electrons. The van der Waals surface area contributed by atoms with E-state index in [1.807, 2.05) is 30.3 Å². The van der Waals surface area contributed by atoms with Crippen molar-refractivity contribution in [2.45, 2.75) is 56.8 Å². The van der Waals surface area contributed by atoms with Gasteiger partial charge in [-0.05, 0) is 43.7 Å². The third kappa shape index (κ3) is 2.88. The largest absolute Gasteiger partial charge is 0.341 e. The number of benzene rings is 1. The van der Waals surface area contributed by atoms with Crippen molar-refractivity contribution < 1.29 is 9.32 Å². The molecule has 2 atom stereocenters. The van der Waals surface area contributed by atoms with Crippen LogP contribution in [0.5, 0.6) is 0 Å². The van der Waals surface area contributed by atoms with Gasteiger partial charge in [-0.15, -0.1) is 0 Å². The Bertz CT molecular complexity index is 812. The first kappa shape index (κ1) is 17.0. The third-order valence-electron chi connectivity index (χ3n) is 7.03. The van der Waals surface area contributed by atoms with Gasteiger partial charge in [0, 0.05) is 24.6 Å². The first-order chi connectivity index (χ1) is 13.3. The van der Waals surface area contributed by atoms with Crippen molar-refractivity contribution >= 4 is 5.91 Å². The van der Waals surface area contributed by atoms with Gasteiger partial charge in [-0.25, -0.2) is 0 Å². The minimum Gasteiger partial charge on any atom is -0.341 e. The molecule has 5 rings (SSSR count). The fourth-order valence-electron chi connectivity index (χ4n) is 5.55. The molecule has 1 aromatic carbocycles. The van der Waals surface area contributed by atoms with Crippen LogP contribution < -0.4 is 0 Å². The first-order valence-corrected chi connectivity index (χ1v) is 10.4. The summed E-state index contributed by atoms with van der Waals surface area (Å²) in [6.45, 7) is 1.63. The normalized spacial score (nSPS) is 28.4. The molecule has 0 N–H and O–H groups in total. The summed E-state index contributed by atoms with van der Waals surface area (Å²) in [5, 5.41) is 4.39. The van der Waals surface area contributed by atoms with E-state index < -0.39 is 0 Å². The SMILES string of the molecule is O=C(C1CCCCC1)N1C[C@H]2CCC[C@@]2(c2noc(-c3ccccc3)n2)C1. The molecule has 2 heterocycles. The van der Waals surface area contributed by atoms with Gasteiger partial charge in [-0.3, -0.25) is 4.79 Å². The average Bonchev–Trinajstić information content (AvgIpc) is 3.43. The Morgan fingerprint density at radius 1 is 1.07 bits per heavy atom. The topological polar surface area (TPSA) is 59.2 Å². The maximum Gasteiger partial charge on any atom is 0.257 e. The average molecular weight is 365 g/mol. The van der Waals surface area contributed by atoms with Crippen LogP contribution in [0.15, 0.2) is 34.9 Å². The lowest BCUT2D eigenvalue weighted by atomic mass is 9.80. The van der Waals surface area contributed by atoms with E-state index in [1.165, 1.54) is 25.7 Å². The fourth-order valence-corrected chi connectivity index (χ4v) is 5.55. The van der Waals surface area contributed by atoms with Crippen molar-refractivity contribution in [2.75, 3.05) is 13.1 Å². The minimum absolute atomic E-state index is 0.110. The summed E-state index contributed by atoms with van der Waals surface area (Å²) in [5.41, 5.74) is 0.844. The van der Waals surface area contributed by atoms with Gasteiger partial charge in [0.25, 0.3) is 5.89 Å². The molecule has 0 spiro atoms. The van der Waals surface area contributed by atoms with Gasteiger partial charge < -0.3 is 9.42 Å². The lowest BCUT2D eigenvalue weighted by molar-refractivity contribution is -0.135. The van der Waals surface area contributed by atoms with E-state index in [9.17, 15) is 4.79 Å². The van der Waals surface area contributed by atoms with Gasteiger partial charge in [-0.1, -0.05) is 49.0 Å². The maximum atomic E-state index is 13.1. The molecule has 1 amide bonds. The second-order valence-corrected chi connectivity index (χ2v) is 8.59. The Balaban J connectivity index is 1.40. The van der Waals surface area contributed by atoms with Crippen molar-refractivity contribution in [2.24, 2.45) is 11.8 Å². The standard InChI is InChI=1S/C22H27N3O2/c26-20(17-10-5-2-6-11-17)25-14-18-12-7-13-22(18,15-25)21-23-19(27-24-21)16-8-3-1-4-9-16/h1,3-4,8-9,17-18H,2,5-7,10-15H2/t18-,22-/m1/s1. The molecule has 142 valence electrons. The Morgan fingerprint density at radius 3 is 2.70 bits per heavy atom. The highest BCUT2D eigenvalue weighted by Gasteiger charge is 2.54. The van der Waals surface area contributed by atoms with E-state index in [1.54, 1.807) is 0 Å². The van der Waals surface area contributed by atoms with Gasteiger partial charge in [0.15, 0.2) is 5.82 Å². The Morgan fingerprint density at radius 2 is 1.89 bits per heavy atom. The molecule has 2 aromatic rings. The summed E-state index contributed by atoms with van der Waals surface area (Å²) in [4.78, 5) is 20.0. The zero-order chi connectivity index (χ0) is 18.3. The van der Waals surface area contributed by atoms with E-state index in [0.29, 0.717) is 17.7 Å². The van der Waals surface area contributed by atoms with Gasteiger partial charge in [0.05, 0.1) is 5.41 Å². The predicted molar refractivity (Wildman–Crippen MR) is 102 cm³/mol. The molecule has 2 aliphatic carbocycles. The first-order valence-electron chi connectivity index (χ1n) is 10.4. The number of hydrogen-bond donors (Lipinski definition) is 0. The molecule has 1 saturated heterocycles. The number of nitrogens with zero attached hydrogens (tertiary/aromatic N) is 3. The van der Waals surface area contributed by atoms with Crippen molar-refractivity contribution in [3.63, 3.8) is 0 Å². The Hall–Kier alpha value is -2.17. The van der Waals surface area contributed by atoms with Crippen molar-refractivity contribution in [3.8, 4) is 11.5 Å². The van der Waals surface area contributed by atoms with Crippen LogP contribution in [0.2, 0.25) is 0 Å². The molecule has 1 aromatic heterocycles. The van der Waals surface area contributed by atoms with Gasteiger partial charge >= 0.3 is 0 Å². The van der Waals surface area contributed by atoms with E-state index >= 15 is 0 Å². The maximum absolute atomic E-state index is 13.1. The van der Waals surface area contributed by atoms with Crippen LogP contribution in [0.3, 0.4) is 0 Å². The highest BCUT2D eigenvalue weighted by Crippen LogP contribution is 2.50. The zero-order valence-electron chi connectivity index (χ0n) is 15.8. The van der Waals surface area contributed by atoms with Crippen molar-refractivity contribution in [1.82, 2.24) is 15.0 Å². The van der Waals surface area contributed by atoms with E-state index in [2.05, 4.69) is 10.1 Å². The number of fused-ring (bicyclic) bond motifs is 1. The summed E-state index contributed by atoms with van der Waals surface area (Å²) >= 11 is 0. The lowest BCUT2D eigenvalue weighted by Crippen LogP contribution is -2.38. The minimum atomic E-state index is -0.110. The molecule has 3 fully saturated rings. The molecular formula is C22H27N3O2. The highest BCUT2D eigenvalue weighted by molar-refractivity contribution is 5.79. The van der Waals surface area contributed by atoms with Crippen molar-refractivity contribution in [1.29, 1.82) is 0 Å². The molecule has 0 bridgehead atoms. The number of hydrogen-bond acceptors (Lipinski definition) is 4. The molecule has 2 saturated carbocycles. The lowest BCUT2D eigenvalue weighted by Gasteiger charge is -2.28. The zero-order valence-corrected chi connectivity index (χ0v) is 15.8. The Kier molecular flexibility index (Phi) is 4.25. The van der Waals surface area contributed by atoms with Crippen LogP contribution in [0.25, 0.3) is 11.5 Å². The van der Waals surface area contributed by atoms with Gasteiger partial charge in [0.2, 0.25) is 5.91 Å². The van der Waals surface area contributed by atoms with Crippen LogP contribution in [-0.2, 0) is 10.2 Å². The second-order valence-electron chi connectivity index (χ2n) is 8.59. The molecule has 27 heavy (non-hydrogen) atoms. The Labute approximate surface area is 160 Å². The van der Waals surface area contributed by atoms with Crippen LogP contribution in [0.1, 0.15) is 57.2 Å². The molecule has 1 aliphatic heterocycles. The van der Waals surface area contributed by atoms with Crippen LogP contribution in [0, 0.1) is 11.8 Å². The van der Waals surface area contributed by atoms with E-state index in [0.717, 1.165) is 50.2 Å². The molecule has 5 nitrogen and oxygen atoms in total. The number of rotatable bonds is 3. The molecule has 5 heteroatoms. The highest BCUT2D eigenvalue weighted by atomic mass is 16.5. The summed E-state index contributed by atoms with van der Waals surface area (Å²) < 4.78 is 5.61. The van der Waals surface area contributed by atoms with Crippen LogP contribution in [-0.4, -0.2) is 34.0 Å². The summed E-state index contributed by atoms with van der Waals surface area (Å²) in [5.74, 6) is 2.46. The number of likely N-dealkylation sites (tertiary alicyclic amines) is 1. The fraction of sp³-hybridized carbons (Fsp3) is 0.591. The van der Waals surface area contributed by atoms with Crippen LogP contribution >= 0.6 is 0 Å². The molecular weight excluding hydrogens is 338 g/mol. The molecule has 3 aliphatic rings. The van der Waals surface area contributed by atoms with E-state index in [4.69, 9.17) is 9.51 Å². The monoisotopic (exact) mass is 365 g/mol. The number of carbonyl (C=O) groups excluding carboxylic acids is 1. The summed E-state index contributed by atoms with van der Waals surface area (Å²) in [6.07, 6.45) is 9.20. The predicted octanol–water partition coefficient (Wildman–Crippen LogP) is 4.20. The number of carbonyl (C=O) groups is 1. The number of aromatic nitrogens is 2. The van der Waals surface area contributed by atoms with Crippen molar-refractivity contribution in [3.05, 3.63) is 36.2 Å². The third-order valence-corrected chi connectivity index (χ3v) is 7.03. The van der Waals surface area contributed by atoms with Crippen LogP contribution in [0.4, 0.5) is 0 Å². The quantitative estimate of drug-likeness (QED) is 0.818. The summed E-state index contributed by atoms with van der Waals surface area (Å²) in [6, 6.07) is 9.94.